The van der Waals surface area contributed by atoms with Crippen LogP contribution in [0.4, 0.5) is 0 Å². The van der Waals surface area contributed by atoms with Crippen molar-refractivity contribution in [2.24, 2.45) is 0 Å². The van der Waals surface area contributed by atoms with Crippen LogP contribution in [0.3, 0.4) is 0 Å². The smallest absolute Gasteiger partial charge is 0.0715 e. The van der Waals surface area contributed by atoms with E-state index in [0.29, 0.717) is 6.04 Å². The van der Waals surface area contributed by atoms with E-state index in [0.717, 1.165) is 13.1 Å². The molecule has 3 heteroatoms. The van der Waals surface area contributed by atoms with E-state index in [1.165, 1.54) is 34.9 Å². The second-order valence-corrected chi connectivity index (χ2v) is 5.09. The summed E-state index contributed by atoms with van der Waals surface area (Å²) in [6.45, 7) is 6.55. The molecule has 2 aromatic rings. The molecule has 0 unspecified atom stereocenters. The lowest BCUT2D eigenvalue weighted by atomic mass is 10.0. The molecule has 3 nitrogen and oxygen atoms in total. The molecule has 90 valence electrons. The average Bonchev–Trinajstić information content (AvgIpc) is 2.74. The van der Waals surface area contributed by atoms with Gasteiger partial charge in [0.1, 0.15) is 0 Å². The SMILES string of the molecule is Cc1cc(C)c2c(cnn2C2CCNCC2)c1. The molecule has 0 spiro atoms. The van der Waals surface area contributed by atoms with E-state index >= 15 is 0 Å². The normalized spacial score (nSPS) is 17.8. The molecule has 1 aromatic heterocycles. The van der Waals surface area contributed by atoms with Crippen molar-refractivity contribution < 1.29 is 0 Å². The van der Waals surface area contributed by atoms with Crippen LogP contribution < -0.4 is 5.32 Å². The molecule has 1 fully saturated rings. The molecule has 1 aliphatic rings. The Balaban J connectivity index is 2.10. The number of piperidine rings is 1. The number of nitrogens with one attached hydrogen (secondary N) is 1. The van der Waals surface area contributed by atoms with Crippen molar-refractivity contribution in [3.63, 3.8) is 0 Å². The van der Waals surface area contributed by atoms with Crippen molar-refractivity contribution in [3.05, 3.63) is 29.5 Å². The number of rotatable bonds is 1. The van der Waals surface area contributed by atoms with Crippen LogP contribution in [0.2, 0.25) is 0 Å². The minimum absolute atomic E-state index is 0.565. The maximum absolute atomic E-state index is 4.61. The highest BCUT2D eigenvalue weighted by Crippen LogP contribution is 2.26. The predicted molar refractivity (Wildman–Crippen MR) is 70.3 cm³/mol. The summed E-state index contributed by atoms with van der Waals surface area (Å²) in [5.74, 6) is 0. The van der Waals surface area contributed by atoms with Crippen LogP contribution in [-0.4, -0.2) is 22.9 Å². The molecule has 0 amide bonds. The summed E-state index contributed by atoms with van der Waals surface area (Å²) in [6, 6.07) is 5.05. The van der Waals surface area contributed by atoms with Crippen molar-refractivity contribution in [2.45, 2.75) is 32.7 Å². The Morgan fingerprint density at radius 1 is 1.24 bits per heavy atom. The fourth-order valence-corrected chi connectivity index (χ4v) is 2.91. The maximum atomic E-state index is 4.61. The zero-order chi connectivity index (χ0) is 11.8. The van der Waals surface area contributed by atoms with Gasteiger partial charge in [-0.05, 0) is 51.4 Å². The first kappa shape index (κ1) is 10.8. The van der Waals surface area contributed by atoms with Gasteiger partial charge >= 0.3 is 0 Å². The lowest BCUT2D eigenvalue weighted by Gasteiger charge is -2.24. The van der Waals surface area contributed by atoms with E-state index in [1.807, 2.05) is 6.20 Å². The lowest BCUT2D eigenvalue weighted by Crippen LogP contribution is -2.29. The van der Waals surface area contributed by atoms with E-state index < -0.39 is 0 Å². The number of benzene rings is 1. The first-order valence-electron chi connectivity index (χ1n) is 6.41. The maximum Gasteiger partial charge on any atom is 0.0715 e. The molecule has 0 aliphatic carbocycles. The van der Waals surface area contributed by atoms with Gasteiger partial charge in [-0.25, -0.2) is 0 Å². The highest BCUT2D eigenvalue weighted by atomic mass is 15.3. The zero-order valence-electron chi connectivity index (χ0n) is 10.5. The topological polar surface area (TPSA) is 29.9 Å². The molecule has 2 heterocycles. The van der Waals surface area contributed by atoms with Crippen LogP contribution in [-0.2, 0) is 0 Å². The van der Waals surface area contributed by atoms with Crippen LogP contribution in [0.25, 0.3) is 10.9 Å². The summed E-state index contributed by atoms with van der Waals surface area (Å²) in [6.07, 6.45) is 4.38. The number of aromatic nitrogens is 2. The molecule has 0 saturated carbocycles. The Bertz CT molecular complexity index is 536. The van der Waals surface area contributed by atoms with Gasteiger partial charge in [-0.1, -0.05) is 11.6 Å². The molecule has 17 heavy (non-hydrogen) atoms. The number of aryl methyl sites for hydroxylation is 2. The first-order valence-corrected chi connectivity index (χ1v) is 6.41. The van der Waals surface area contributed by atoms with Gasteiger partial charge in [0.25, 0.3) is 0 Å². The van der Waals surface area contributed by atoms with Crippen molar-refractivity contribution in [2.75, 3.05) is 13.1 Å². The largest absolute Gasteiger partial charge is 0.317 e. The summed E-state index contributed by atoms with van der Waals surface area (Å²) < 4.78 is 2.24. The third-order valence-electron chi connectivity index (χ3n) is 3.68. The molecular formula is C14H19N3. The van der Waals surface area contributed by atoms with Crippen molar-refractivity contribution in [3.8, 4) is 0 Å². The molecule has 3 rings (SSSR count). The van der Waals surface area contributed by atoms with E-state index in [4.69, 9.17) is 0 Å². The summed E-state index contributed by atoms with van der Waals surface area (Å²) in [5.41, 5.74) is 3.98. The monoisotopic (exact) mass is 229 g/mol. The van der Waals surface area contributed by atoms with Crippen molar-refractivity contribution in [1.82, 2.24) is 15.1 Å². The van der Waals surface area contributed by atoms with Gasteiger partial charge in [-0.3, -0.25) is 4.68 Å². The van der Waals surface area contributed by atoms with Gasteiger partial charge in [0.15, 0.2) is 0 Å². The molecule has 1 saturated heterocycles. The number of hydrogen-bond acceptors (Lipinski definition) is 2. The second-order valence-electron chi connectivity index (χ2n) is 5.09. The van der Waals surface area contributed by atoms with Gasteiger partial charge in [0.2, 0.25) is 0 Å². The Kier molecular flexibility index (Phi) is 2.63. The second kappa shape index (κ2) is 4.15. The van der Waals surface area contributed by atoms with Gasteiger partial charge < -0.3 is 5.32 Å². The summed E-state index contributed by atoms with van der Waals surface area (Å²) >= 11 is 0. The summed E-state index contributed by atoms with van der Waals surface area (Å²) in [7, 11) is 0. The fourth-order valence-electron chi connectivity index (χ4n) is 2.91. The van der Waals surface area contributed by atoms with Crippen molar-refractivity contribution >= 4 is 10.9 Å². The third kappa shape index (κ3) is 1.84. The van der Waals surface area contributed by atoms with Gasteiger partial charge in [-0.2, -0.15) is 5.10 Å². The van der Waals surface area contributed by atoms with Crippen LogP contribution in [0.1, 0.15) is 30.0 Å². The predicted octanol–water partition coefficient (Wildman–Crippen LogP) is 2.58. The quantitative estimate of drug-likeness (QED) is 0.814. The molecular weight excluding hydrogens is 210 g/mol. The highest BCUT2D eigenvalue weighted by molar-refractivity contribution is 5.82. The third-order valence-corrected chi connectivity index (χ3v) is 3.68. The average molecular weight is 229 g/mol. The highest BCUT2D eigenvalue weighted by Gasteiger charge is 2.18. The van der Waals surface area contributed by atoms with E-state index in [2.05, 4.69) is 41.1 Å². The van der Waals surface area contributed by atoms with Gasteiger partial charge in [0, 0.05) is 5.39 Å². The van der Waals surface area contributed by atoms with Crippen LogP contribution >= 0.6 is 0 Å². The molecule has 0 bridgehead atoms. The number of fused-ring (bicyclic) bond motifs is 1. The zero-order valence-corrected chi connectivity index (χ0v) is 10.5. The van der Waals surface area contributed by atoms with Crippen LogP contribution in [0.15, 0.2) is 18.3 Å². The standard InChI is InChI=1S/C14H19N3/c1-10-7-11(2)14-12(8-10)9-16-17(14)13-3-5-15-6-4-13/h7-9,13,15H,3-6H2,1-2H3. The molecule has 1 aromatic carbocycles. The fraction of sp³-hybridized carbons (Fsp3) is 0.500. The lowest BCUT2D eigenvalue weighted by molar-refractivity contribution is 0.351. The Labute approximate surface area is 102 Å². The Morgan fingerprint density at radius 2 is 2.00 bits per heavy atom. The first-order chi connectivity index (χ1) is 8.25. The van der Waals surface area contributed by atoms with Gasteiger partial charge in [-0.15, -0.1) is 0 Å². The van der Waals surface area contributed by atoms with Gasteiger partial charge in [0.05, 0.1) is 17.8 Å². The van der Waals surface area contributed by atoms with Crippen LogP contribution in [0, 0.1) is 13.8 Å². The Morgan fingerprint density at radius 3 is 2.76 bits per heavy atom. The minimum atomic E-state index is 0.565. The van der Waals surface area contributed by atoms with Crippen molar-refractivity contribution in [1.29, 1.82) is 0 Å². The molecule has 1 aliphatic heterocycles. The minimum Gasteiger partial charge on any atom is -0.317 e. The molecule has 0 radical (unpaired) electrons. The summed E-state index contributed by atoms with van der Waals surface area (Å²) in [4.78, 5) is 0. The molecule has 1 N–H and O–H groups in total. The summed E-state index contributed by atoms with van der Waals surface area (Å²) in [5, 5.41) is 9.30. The van der Waals surface area contributed by atoms with Crippen LogP contribution in [0.5, 0.6) is 0 Å². The molecule has 0 atom stereocenters. The van der Waals surface area contributed by atoms with E-state index in [9.17, 15) is 0 Å². The van der Waals surface area contributed by atoms with E-state index in [-0.39, 0.29) is 0 Å². The number of nitrogens with zero attached hydrogens (tertiary/aromatic N) is 2. The Hall–Kier alpha value is -1.35. The number of hydrogen-bond donors (Lipinski definition) is 1. The van der Waals surface area contributed by atoms with E-state index in [1.54, 1.807) is 0 Å².